The van der Waals surface area contributed by atoms with Crippen molar-refractivity contribution in [3.63, 3.8) is 0 Å². The van der Waals surface area contributed by atoms with Crippen LogP contribution in [-0.2, 0) is 17.9 Å². The molecule has 1 aromatic heterocycles. The number of allylic oxidation sites excluding steroid dienone is 1. The molecule has 1 heterocycles. The summed E-state index contributed by atoms with van der Waals surface area (Å²) in [5.41, 5.74) is 0.870. The number of hydrogen-bond donors (Lipinski definition) is 1. The molecule has 0 saturated heterocycles. The summed E-state index contributed by atoms with van der Waals surface area (Å²) in [6.07, 6.45) is 1.69. The molecule has 3 rings (SSSR count). The molecular weight excluding hydrogens is 454 g/mol. The summed E-state index contributed by atoms with van der Waals surface area (Å²) in [5.74, 6) is 0.854. The molecule has 0 aliphatic heterocycles. The van der Waals surface area contributed by atoms with Gasteiger partial charge in [0.05, 0.1) is 10.7 Å². The maximum atomic E-state index is 12.3. The van der Waals surface area contributed by atoms with Gasteiger partial charge in [-0.2, -0.15) is 0 Å². The number of nitro benzene ring substituents is 1. The number of nitrogens with zero attached hydrogens (tertiary/aromatic N) is 4. The van der Waals surface area contributed by atoms with Crippen LogP contribution in [0.1, 0.15) is 11.4 Å². The predicted octanol–water partition coefficient (Wildman–Crippen LogP) is 4.64. The topological polar surface area (TPSA) is 112 Å². The molecule has 3 aromatic rings. The lowest BCUT2D eigenvalue weighted by Gasteiger charge is -2.11. The number of nitro groups is 1. The van der Waals surface area contributed by atoms with Gasteiger partial charge >= 0.3 is 0 Å². The molecular formula is C21H20ClN5O4S. The molecule has 32 heavy (non-hydrogen) atoms. The molecule has 1 amide bonds. The van der Waals surface area contributed by atoms with E-state index >= 15 is 0 Å². The number of rotatable bonds is 10. The number of hydrogen-bond acceptors (Lipinski definition) is 7. The van der Waals surface area contributed by atoms with Crippen LogP contribution >= 0.6 is 23.4 Å². The van der Waals surface area contributed by atoms with Crippen molar-refractivity contribution in [2.24, 2.45) is 0 Å². The molecule has 0 aliphatic rings. The van der Waals surface area contributed by atoms with Gasteiger partial charge in [0, 0.05) is 17.6 Å². The molecule has 2 aromatic carbocycles. The fourth-order valence-corrected chi connectivity index (χ4v) is 3.81. The Kier molecular flexibility index (Phi) is 7.85. The smallest absolute Gasteiger partial charge is 0.292 e. The summed E-state index contributed by atoms with van der Waals surface area (Å²) in [6.45, 7) is 6.25. The number of carbonyl (C=O) groups excluding carboxylic acids is 1. The molecule has 0 bridgehead atoms. The van der Waals surface area contributed by atoms with Gasteiger partial charge in [0.15, 0.2) is 11.0 Å². The van der Waals surface area contributed by atoms with Crippen LogP contribution in [0, 0.1) is 17.0 Å². The zero-order valence-corrected chi connectivity index (χ0v) is 18.7. The Bertz CT molecular complexity index is 1150. The highest BCUT2D eigenvalue weighted by Gasteiger charge is 2.17. The standard InChI is InChI=1S/C21H20ClN5O4S/c1-3-10-26-19(12-31-18-9-8-15(22)11-14(18)2)24-25-21(26)32-13-20(28)23-16-6-4-5-7-17(16)27(29)30/h3-9,11H,1,10,12-13H2,2H3,(H,23,28). The van der Waals surface area contributed by atoms with Crippen molar-refractivity contribution in [1.82, 2.24) is 14.8 Å². The van der Waals surface area contributed by atoms with Gasteiger partial charge in [-0.15, -0.1) is 16.8 Å². The van der Waals surface area contributed by atoms with Crippen molar-refractivity contribution in [3.05, 3.63) is 81.6 Å². The molecule has 0 radical (unpaired) electrons. The van der Waals surface area contributed by atoms with Crippen LogP contribution in [0.2, 0.25) is 5.02 Å². The summed E-state index contributed by atoms with van der Waals surface area (Å²) in [4.78, 5) is 22.9. The average molecular weight is 474 g/mol. The summed E-state index contributed by atoms with van der Waals surface area (Å²) in [7, 11) is 0. The number of benzene rings is 2. The van der Waals surface area contributed by atoms with Gasteiger partial charge < -0.3 is 10.1 Å². The number of amides is 1. The van der Waals surface area contributed by atoms with Crippen LogP contribution < -0.4 is 10.1 Å². The third-order valence-electron chi connectivity index (χ3n) is 4.31. The van der Waals surface area contributed by atoms with E-state index in [9.17, 15) is 14.9 Å². The Balaban J connectivity index is 1.65. The van der Waals surface area contributed by atoms with E-state index in [1.165, 1.54) is 18.2 Å². The first-order valence-corrected chi connectivity index (χ1v) is 10.8. The monoisotopic (exact) mass is 473 g/mol. The Hall–Kier alpha value is -3.37. The molecule has 9 nitrogen and oxygen atoms in total. The number of halogens is 1. The lowest BCUT2D eigenvalue weighted by molar-refractivity contribution is -0.383. The van der Waals surface area contributed by atoms with Crippen LogP contribution in [0.4, 0.5) is 11.4 Å². The van der Waals surface area contributed by atoms with Crippen molar-refractivity contribution in [2.45, 2.75) is 25.2 Å². The van der Waals surface area contributed by atoms with E-state index in [0.717, 1.165) is 17.3 Å². The summed E-state index contributed by atoms with van der Waals surface area (Å²) in [5, 5.41) is 23.1. The second-order valence-electron chi connectivity index (χ2n) is 6.61. The van der Waals surface area contributed by atoms with E-state index in [0.29, 0.717) is 28.3 Å². The fraction of sp³-hybridized carbons (Fsp3) is 0.190. The van der Waals surface area contributed by atoms with E-state index in [2.05, 4.69) is 22.1 Å². The number of anilines is 1. The molecule has 0 aliphatic carbocycles. The highest BCUT2D eigenvalue weighted by molar-refractivity contribution is 7.99. The molecule has 1 N–H and O–H groups in total. The van der Waals surface area contributed by atoms with Gasteiger partial charge in [-0.1, -0.05) is 41.6 Å². The van der Waals surface area contributed by atoms with E-state index in [-0.39, 0.29) is 23.7 Å². The minimum Gasteiger partial charge on any atom is -0.485 e. The number of para-hydroxylation sites is 2. The molecule has 0 fully saturated rings. The molecule has 0 spiro atoms. The Morgan fingerprint density at radius 1 is 1.34 bits per heavy atom. The first-order valence-electron chi connectivity index (χ1n) is 9.47. The largest absolute Gasteiger partial charge is 0.485 e. The molecule has 166 valence electrons. The van der Waals surface area contributed by atoms with Crippen LogP contribution in [0.5, 0.6) is 5.75 Å². The van der Waals surface area contributed by atoms with Gasteiger partial charge in [-0.05, 0) is 36.8 Å². The average Bonchev–Trinajstić information content (AvgIpc) is 3.14. The van der Waals surface area contributed by atoms with E-state index in [4.69, 9.17) is 16.3 Å². The number of nitrogens with one attached hydrogen (secondary N) is 1. The quantitative estimate of drug-likeness (QED) is 0.197. The normalized spacial score (nSPS) is 10.6. The minimum atomic E-state index is -0.544. The Labute approximate surface area is 193 Å². The lowest BCUT2D eigenvalue weighted by atomic mass is 10.2. The third kappa shape index (κ3) is 5.86. The first-order chi connectivity index (χ1) is 15.4. The predicted molar refractivity (Wildman–Crippen MR) is 123 cm³/mol. The van der Waals surface area contributed by atoms with Gasteiger partial charge in [-0.25, -0.2) is 0 Å². The van der Waals surface area contributed by atoms with Crippen LogP contribution in [-0.4, -0.2) is 31.3 Å². The van der Waals surface area contributed by atoms with Crippen molar-refractivity contribution in [3.8, 4) is 5.75 Å². The van der Waals surface area contributed by atoms with E-state index < -0.39 is 10.8 Å². The van der Waals surface area contributed by atoms with E-state index in [1.54, 1.807) is 28.8 Å². The number of ether oxygens (including phenoxy) is 1. The molecule has 0 saturated carbocycles. The minimum absolute atomic E-state index is 0.00151. The Morgan fingerprint density at radius 2 is 2.12 bits per heavy atom. The van der Waals surface area contributed by atoms with Gasteiger partial charge in [0.1, 0.15) is 18.0 Å². The van der Waals surface area contributed by atoms with Crippen molar-refractivity contribution in [1.29, 1.82) is 0 Å². The first kappa shape index (κ1) is 23.3. The lowest BCUT2D eigenvalue weighted by Crippen LogP contribution is -2.16. The van der Waals surface area contributed by atoms with E-state index in [1.807, 2.05) is 13.0 Å². The molecule has 0 atom stereocenters. The van der Waals surface area contributed by atoms with Crippen molar-refractivity contribution in [2.75, 3.05) is 11.1 Å². The van der Waals surface area contributed by atoms with Crippen molar-refractivity contribution < 1.29 is 14.5 Å². The second kappa shape index (κ2) is 10.8. The summed E-state index contributed by atoms with van der Waals surface area (Å²) in [6, 6.07) is 11.3. The number of aromatic nitrogens is 3. The van der Waals surface area contributed by atoms with Gasteiger partial charge in [-0.3, -0.25) is 19.5 Å². The number of thioether (sulfide) groups is 1. The number of carbonyl (C=O) groups is 1. The maximum Gasteiger partial charge on any atom is 0.292 e. The highest BCUT2D eigenvalue weighted by Crippen LogP contribution is 2.25. The van der Waals surface area contributed by atoms with Crippen LogP contribution in [0.25, 0.3) is 0 Å². The van der Waals surface area contributed by atoms with Crippen LogP contribution in [0.15, 0.2) is 60.3 Å². The molecule has 11 heteroatoms. The van der Waals surface area contributed by atoms with Crippen molar-refractivity contribution >= 4 is 40.6 Å². The highest BCUT2D eigenvalue weighted by atomic mass is 35.5. The number of aryl methyl sites for hydroxylation is 1. The van der Waals surface area contributed by atoms with Gasteiger partial charge in [0.2, 0.25) is 5.91 Å². The summed E-state index contributed by atoms with van der Waals surface area (Å²) >= 11 is 7.14. The second-order valence-corrected chi connectivity index (χ2v) is 7.99. The van der Waals surface area contributed by atoms with Gasteiger partial charge in [0.25, 0.3) is 5.69 Å². The maximum absolute atomic E-state index is 12.3. The fourth-order valence-electron chi connectivity index (χ4n) is 2.82. The van der Waals surface area contributed by atoms with Crippen LogP contribution in [0.3, 0.4) is 0 Å². The zero-order valence-electron chi connectivity index (χ0n) is 17.2. The molecule has 0 unspecified atom stereocenters. The third-order valence-corrected chi connectivity index (χ3v) is 5.51. The zero-order chi connectivity index (χ0) is 23.1. The Morgan fingerprint density at radius 3 is 2.84 bits per heavy atom. The SMILES string of the molecule is C=CCn1c(COc2ccc(Cl)cc2C)nnc1SCC(=O)Nc1ccccc1[N+](=O)[O-]. The summed E-state index contributed by atoms with van der Waals surface area (Å²) < 4.78 is 7.64.